The number of aryl methyl sites for hydroxylation is 1. The molecule has 1 fully saturated rings. The van der Waals surface area contributed by atoms with Crippen molar-refractivity contribution < 1.29 is 23.8 Å². The topological polar surface area (TPSA) is 78.0 Å². The minimum atomic E-state index is -0.764. The van der Waals surface area contributed by atoms with Crippen LogP contribution in [0.2, 0.25) is 0 Å². The average molecular weight is 465 g/mol. The number of hydrogen-bond donors (Lipinski definition) is 0. The van der Waals surface area contributed by atoms with Gasteiger partial charge >= 0.3 is 12.1 Å². The van der Waals surface area contributed by atoms with E-state index in [-0.39, 0.29) is 6.54 Å². The molecular weight excluding hydrogens is 440 g/mol. The number of halogens is 1. The number of amides is 1. The number of ether oxygens (including phenoxy) is 3. The van der Waals surface area contributed by atoms with Gasteiger partial charge in [0.15, 0.2) is 0 Å². The first kappa shape index (κ1) is 21.4. The summed E-state index contributed by atoms with van der Waals surface area (Å²) in [4.78, 5) is 30.8. The lowest BCUT2D eigenvalue weighted by Gasteiger charge is -2.27. The summed E-state index contributed by atoms with van der Waals surface area (Å²) >= 11 is 3.57. The van der Waals surface area contributed by atoms with Crippen molar-refractivity contribution in [3.8, 4) is 5.88 Å². The van der Waals surface area contributed by atoms with E-state index in [0.29, 0.717) is 12.3 Å². The van der Waals surface area contributed by atoms with E-state index in [1.165, 1.54) is 12.0 Å². The Balaban J connectivity index is 1.85. The van der Waals surface area contributed by atoms with E-state index in [0.717, 1.165) is 20.9 Å². The second kappa shape index (κ2) is 8.18. The summed E-state index contributed by atoms with van der Waals surface area (Å²) < 4.78 is 17.2. The standard InChI is InChI=1S/C21H25BrN2O5/c1-12-14-8-6-7-9-15(14)23-18(17(12)22)28-13-10-16(19(25)27-5)24(11-13)20(26)29-21(2,3)4/h6-9,13,16H,10-11H2,1-5H3/t13-,16+/m1/s1. The van der Waals surface area contributed by atoms with E-state index < -0.39 is 29.8 Å². The van der Waals surface area contributed by atoms with Crippen LogP contribution in [-0.4, -0.2) is 53.3 Å². The van der Waals surface area contributed by atoms with Gasteiger partial charge in [0, 0.05) is 11.8 Å². The van der Waals surface area contributed by atoms with Gasteiger partial charge in [-0.05, 0) is 55.3 Å². The summed E-state index contributed by atoms with van der Waals surface area (Å²) in [5.74, 6) is -0.0652. The largest absolute Gasteiger partial charge is 0.472 e. The van der Waals surface area contributed by atoms with Crippen LogP contribution in [-0.2, 0) is 14.3 Å². The van der Waals surface area contributed by atoms with Gasteiger partial charge in [-0.15, -0.1) is 0 Å². The molecule has 156 valence electrons. The minimum absolute atomic E-state index is 0.203. The zero-order valence-electron chi connectivity index (χ0n) is 17.2. The van der Waals surface area contributed by atoms with Crippen LogP contribution < -0.4 is 4.74 Å². The third kappa shape index (κ3) is 4.63. The molecule has 1 aliphatic rings. The van der Waals surface area contributed by atoms with E-state index in [1.807, 2.05) is 31.2 Å². The fourth-order valence-electron chi connectivity index (χ4n) is 3.33. The Morgan fingerprint density at radius 3 is 2.59 bits per heavy atom. The van der Waals surface area contributed by atoms with E-state index in [1.54, 1.807) is 20.8 Å². The number of carbonyl (C=O) groups excluding carboxylic acids is 2. The minimum Gasteiger partial charge on any atom is -0.472 e. The van der Waals surface area contributed by atoms with Gasteiger partial charge in [-0.3, -0.25) is 4.90 Å². The number of nitrogens with zero attached hydrogens (tertiary/aromatic N) is 2. The number of rotatable bonds is 3. The second-order valence-corrected chi connectivity index (χ2v) is 8.81. The van der Waals surface area contributed by atoms with Crippen LogP contribution in [0.1, 0.15) is 32.8 Å². The Labute approximate surface area is 178 Å². The first-order valence-electron chi connectivity index (χ1n) is 9.39. The maximum atomic E-state index is 12.6. The number of likely N-dealkylation sites (tertiary alicyclic amines) is 1. The highest BCUT2D eigenvalue weighted by atomic mass is 79.9. The molecule has 2 atom stereocenters. The third-order valence-corrected chi connectivity index (χ3v) is 5.62. The highest BCUT2D eigenvalue weighted by Crippen LogP contribution is 2.34. The molecule has 0 aliphatic carbocycles. The fourth-order valence-corrected chi connectivity index (χ4v) is 3.72. The van der Waals surface area contributed by atoms with Crippen molar-refractivity contribution in [2.24, 2.45) is 0 Å². The molecule has 29 heavy (non-hydrogen) atoms. The molecule has 0 unspecified atom stereocenters. The Bertz CT molecular complexity index is 941. The highest BCUT2D eigenvalue weighted by Gasteiger charge is 2.43. The molecule has 1 saturated heterocycles. The average Bonchev–Trinajstić information content (AvgIpc) is 3.08. The van der Waals surface area contributed by atoms with Crippen LogP contribution >= 0.6 is 15.9 Å². The van der Waals surface area contributed by atoms with Crippen LogP contribution in [0, 0.1) is 6.92 Å². The first-order chi connectivity index (χ1) is 13.6. The molecule has 1 aromatic heterocycles. The smallest absolute Gasteiger partial charge is 0.411 e. The van der Waals surface area contributed by atoms with Gasteiger partial charge in [-0.1, -0.05) is 18.2 Å². The van der Waals surface area contributed by atoms with E-state index in [9.17, 15) is 9.59 Å². The zero-order chi connectivity index (χ0) is 21.3. The van der Waals surface area contributed by atoms with Crippen molar-refractivity contribution in [2.45, 2.75) is 51.9 Å². The van der Waals surface area contributed by atoms with Crippen molar-refractivity contribution in [1.29, 1.82) is 0 Å². The number of benzene rings is 1. The lowest BCUT2D eigenvalue weighted by molar-refractivity contribution is -0.145. The molecule has 0 N–H and O–H groups in total. The van der Waals surface area contributed by atoms with E-state index >= 15 is 0 Å². The summed E-state index contributed by atoms with van der Waals surface area (Å²) in [5, 5.41) is 1.03. The molecule has 0 radical (unpaired) electrons. The van der Waals surface area contributed by atoms with Gasteiger partial charge in [0.2, 0.25) is 5.88 Å². The molecule has 0 bridgehead atoms. The van der Waals surface area contributed by atoms with Crippen LogP contribution in [0.25, 0.3) is 10.9 Å². The number of fused-ring (bicyclic) bond motifs is 1. The predicted octanol–water partition coefficient (Wildman–Crippen LogP) is 4.24. The van der Waals surface area contributed by atoms with Crippen LogP contribution in [0.3, 0.4) is 0 Å². The molecule has 7 nitrogen and oxygen atoms in total. The van der Waals surface area contributed by atoms with Crippen molar-refractivity contribution in [2.75, 3.05) is 13.7 Å². The number of para-hydroxylation sites is 1. The first-order valence-corrected chi connectivity index (χ1v) is 10.2. The zero-order valence-corrected chi connectivity index (χ0v) is 18.8. The van der Waals surface area contributed by atoms with Crippen LogP contribution in [0.5, 0.6) is 5.88 Å². The van der Waals surface area contributed by atoms with Gasteiger partial charge in [0.25, 0.3) is 0 Å². The third-order valence-electron chi connectivity index (χ3n) is 4.69. The van der Waals surface area contributed by atoms with Crippen LogP contribution in [0.15, 0.2) is 28.7 Å². The Hall–Kier alpha value is -2.35. The number of pyridine rings is 1. The Kier molecular flexibility index (Phi) is 6.03. The van der Waals surface area contributed by atoms with Gasteiger partial charge in [-0.2, -0.15) is 0 Å². The van der Waals surface area contributed by atoms with E-state index in [4.69, 9.17) is 14.2 Å². The van der Waals surface area contributed by atoms with Gasteiger partial charge in [0.05, 0.1) is 23.6 Å². The second-order valence-electron chi connectivity index (χ2n) is 8.02. The summed E-state index contributed by atoms with van der Waals surface area (Å²) in [5.41, 5.74) is 1.16. The Morgan fingerprint density at radius 2 is 1.93 bits per heavy atom. The van der Waals surface area contributed by atoms with Crippen molar-refractivity contribution in [1.82, 2.24) is 9.88 Å². The van der Waals surface area contributed by atoms with Gasteiger partial charge in [0.1, 0.15) is 17.7 Å². The van der Waals surface area contributed by atoms with Crippen molar-refractivity contribution >= 4 is 38.9 Å². The van der Waals surface area contributed by atoms with Crippen molar-refractivity contribution in [3.63, 3.8) is 0 Å². The molecule has 1 aliphatic heterocycles. The predicted molar refractivity (Wildman–Crippen MR) is 112 cm³/mol. The SMILES string of the molecule is COC(=O)[C@@H]1C[C@@H](Oc2nc3ccccc3c(C)c2Br)CN1C(=O)OC(C)(C)C. The molecule has 2 heterocycles. The molecular formula is C21H25BrN2O5. The highest BCUT2D eigenvalue weighted by molar-refractivity contribution is 9.10. The number of esters is 1. The summed E-state index contributed by atoms with van der Waals surface area (Å²) in [6.07, 6.45) is -0.692. The molecule has 3 rings (SSSR count). The number of methoxy groups -OCH3 is 1. The molecule has 0 spiro atoms. The normalized spacial score (nSPS) is 19.3. The summed E-state index contributed by atoms with van der Waals surface area (Å²) in [6, 6.07) is 7.03. The number of aromatic nitrogens is 1. The molecule has 1 aromatic carbocycles. The lowest BCUT2D eigenvalue weighted by Crippen LogP contribution is -2.44. The molecule has 0 saturated carbocycles. The van der Waals surface area contributed by atoms with Crippen molar-refractivity contribution in [3.05, 3.63) is 34.3 Å². The van der Waals surface area contributed by atoms with E-state index in [2.05, 4.69) is 20.9 Å². The molecule has 8 heteroatoms. The molecule has 1 amide bonds. The van der Waals surface area contributed by atoms with Gasteiger partial charge in [-0.25, -0.2) is 14.6 Å². The number of carbonyl (C=O) groups is 2. The molecule has 2 aromatic rings. The maximum Gasteiger partial charge on any atom is 0.411 e. The maximum absolute atomic E-state index is 12.6. The van der Waals surface area contributed by atoms with Crippen LogP contribution in [0.4, 0.5) is 4.79 Å². The summed E-state index contributed by atoms with van der Waals surface area (Å²) in [6.45, 7) is 7.53. The lowest BCUT2D eigenvalue weighted by atomic mass is 10.1. The Morgan fingerprint density at radius 1 is 1.24 bits per heavy atom. The summed E-state index contributed by atoms with van der Waals surface area (Å²) in [7, 11) is 1.30. The van der Waals surface area contributed by atoms with Gasteiger partial charge < -0.3 is 14.2 Å². The monoisotopic (exact) mass is 464 g/mol. The quantitative estimate of drug-likeness (QED) is 0.632. The fraction of sp³-hybridized carbons (Fsp3) is 0.476. The number of hydrogen-bond acceptors (Lipinski definition) is 6.